The van der Waals surface area contributed by atoms with Crippen LogP contribution in [0.15, 0.2) is 65.4 Å². The summed E-state index contributed by atoms with van der Waals surface area (Å²) in [7, 11) is 0. The van der Waals surface area contributed by atoms with Crippen LogP contribution < -0.4 is 4.74 Å². The molecule has 0 aliphatic carbocycles. The number of nitro benzene ring substituents is 1. The highest BCUT2D eigenvalue weighted by Crippen LogP contribution is 2.24. The van der Waals surface area contributed by atoms with Gasteiger partial charge in [0.25, 0.3) is 5.69 Å². The van der Waals surface area contributed by atoms with E-state index in [1.807, 2.05) is 0 Å². The maximum atomic E-state index is 13.4. The highest BCUT2D eigenvalue weighted by Gasteiger charge is 2.21. The fraction of sp³-hybridized carbons (Fsp3) is 0.136. The van der Waals surface area contributed by atoms with Crippen molar-refractivity contribution in [2.24, 2.45) is 0 Å². The van der Waals surface area contributed by atoms with E-state index in [-0.39, 0.29) is 36.2 Å². The number of carbonyl (C=O) groups is 1. The first-order valence-electron chi connectivity index (χ1n) is 9.79. The summed E-state index contributed by atoms with van der Waals surface area (Å²) >= 11 is 0. The molecule has 11 heteroatoms. The van der Waals surface area contributed by atoms with Crippen molar-refractivity contribution in [3.63, 3.8) is 0 Å². The van der Waals surface area contributed by atoms with Crippen molar-refractivity contribution in [2.75, 3.05) is 6.61 Å². The fourth-order valence-corrected chi connectivity index (χ4v) is 2.94. The molecule has 2 aromatic heterocycles. The van der Waals surface area contributed by atoms with Crippen LogP contribution in [0.4, 0.5) is 10.1 Å². The molecule has 0 unspecified atom stereocenters. The molecule has 0 saturated carbocycles. The molecule has 2 heterocycles. The molecule has 0 N–H and O–H groups in total. The van der Waals surface area contributed by atoms with E-state index in [2.05, 4.69) is 10.1 Å². The Labute approximate surface area is 186 Å². The molecule has 4 aromatic rings. The number of rotatable bonds is 8. The average molecular weight is 452 g/mol. The second kappa shape index (κ2) is 9.30. The zero-order chi connectivity index (χ0) is 23.4. The smallest absolute Gasteiger partial charge is 0.362 e. The lowest BCUT2D eigenvalue weighted by atomic mass is 10.2. The minimum atomic E-state index is -0.686. The van der Waals surface area contributed by atoms with Crippen LogP contribution in [0.1, 0.15) is 23.1 Å². The van der Waals surface area contributed by atoms with Gasteiger partial charge >= 0.3 is 5.97 Å². The van der Waals surface area contributed by atoms with E-state index in [0.29, 0.717) is 16.9 Å². The molecule has 0 radical (unpaired) electrons. The number of nitrogens with zero attached hydrogens (tertiary/aromatic N) is 4. The Balaban J connectivity index is 1.56. The van der Waals surface area contributed by atoms with Gasteiger partial charge in [-0.15, -0.1) is 0 Å². The Kier molecular flexibility index (Phi) is 6.11. The molecule has 0 atom stereocenters. The van der Waals surface area contributed by atoms with Gasteiger partial charge in [0.05, 0.1) is 23.4 Å². The number of hydrogen-bond donors (Lipinski definition) is 0. The van der Waals surface area contributed by atoms with Crippen LogP contribution in [-0.4, -0.2) is 32.3 Å². The van der Waals surface area contributed by atoms with Gasteiger partial charge in [-0.05, 0) is 37.3 Å². The predicted molar refractivity (Wildman–Crippen MR) is 112 cm³/mol. The van der Waals surface area contributed by atoms with Gasteiger partial charge in [-0.3, -0.25) is 10.1 Å². The predicted octanol–water partition coefficient (Wildman–Crippen LogP) is 4.33. The first-order valence-corrected chi connectivity index (χ1v) is 9.79. The SMILES string of the molecule is CCOC(=O)c1nn(-c2ccc([N+](=O)[O-])cc2)cc1OCc1coc(-c2cccc(F)c2)n1. The maximum absolute atomic E-state index is 13.4. The van der Waals surface area contributed by atoms with Gasteiger partial charge < -0.3 is 13.9 Å². The van der Waals surface area contributed by atoms with Gasteiger partial charge in [0.2, 0.25) is 11.6 Å². The number of non-ortho nitro benzene ring substituents is 1. The van der Waals surface area contributed by atoms with Crippen LogP contribution in [-0.2, 0) is 11.3 Å². The van der Waals surface area contributed by atoms with Crippen molar-refractivity contribution in [3.05, 3.63) is 88.3 Å². The molecular formula is C22H17FN4O6. The van der Waals surface area contributed by atoms with Crippen molar-refractivity contribution in [2.45, 2.75) is 13.5 Å². The van der Waals surface area contributed by atoms with Gasteiger partial charge in [-0.2, -0.15) is 5.10 Å². The second-order valence-electron chi connectivity index (χ2n) is 6.72. The largest absolute Gasteiger partial charge is 0.483 e. The molecule has 4 rings (SSSR count). The number of ether oxygens (including phenoxy) is 2. The molecule has 10 nitrogen and oxygen atoms in total. The van der Waals surface area contributed by atoms with Crippen molar-refractivity contribution in [1.29, 1.82) is 0 Å². The normalized spacial score (nSPS) is 10.7. The van der Waals surface area contributed by atoms with E-state index in [9.17, 15) is 19.3 Å². The number of esters is 1. The van der Waals surface area contributed by atoms with E-state index in [4.69, 9.17) is 13.9 Å². The fourth-order valence-electron chi connectivity index (χ4n) is 2.94. The number of oxazole rings is 1. The second-order valence-corrected chi connectivity index (χ2v) is 6.72. The monoisotopic (exact) mass is 452 g/mol. The highest BCUT2D eigenvalue weighted by molar-refractivity contribution is 5.90. The Morgan fingerprint density at radius 1 is 1.24 bits per heavy atom. The number of nitro groups is 1. The number of halogens is 1. The summed E-state index contributed by atoms with van der Waals surface area (Å²) in [6.07, 6.45) is 2.83. The Morgan fingerprint density at radius 3 is 2.73 bits per heavy atom. The molecule has 0 saturated heterocycles. The van der Waals surface area contributed by atoms with Gasteiger partial charge in [-0.1, -0.05) is 6.07 Å². The molecule has 0 aliphatic heterocycles. The minimum absolute atomic E-state index is 0.0584. The third-order valence-electron chi connectivity index (χ3n) is 4.47. The van der Waals surface area contributed by atoms with Gasteiger partial charge in [0.1, 0.15) is 24.4 Å². The van der Waals surface area contributed by atoms with Gasteiger partial charge in [-0.25, -0.2) is 18.9 Å². The van der Waals surface area contributed by atoms with Crippen molar-refractivity contribution >= 4 is 11.7 Å². The molecule has 0 fully saturated rings. The van der Waals surface area contributed by atoms with Crippen LogP contribution in [0.25, 0.3) is 17.1 Å². The summed E-state index contributed by atoms with van der Waals surface area (Å²) in [5.74, 6) is -0.752. The minimum Gasteiger partial charge on any atom is -0.483 e. The van der Waals surface area contributed by atoms with E-state index < -0.39 is 16.7 Å². The molecule has 33 heavy (non-hydrogen) atoms. The summed E-state index contributed by atoms with van der Waals surface area (Å²) in [6.45, 7) is 1.75. The molecule has 2 aromatic carbocycles. The van der Waals surface area contributed by atoms with Crippen molar-refractivity contribution in [3.8, 4) is 22.9 Å². The van der Waals surface area contributed by atoms with Crippen LogP contribution in [0.2, 0.25) is 0 Å². The summed E-state index contributed by atoms with van der Waals surface area (Å²) in [5, 5.41) is 15.1. The van der Waals surface area contributed by atoms with Gasteiger partial charge in [0, 0.05) is 17.7 Å². The van der Waals surface area contributed by atoms with Crippen LogP contribution in [0, 0.1) is 15.9 Å². The standard InChI is InChI=1S/C22H17FN4O6/c1-2-31-22(28)20-19(11-26(25-20)17-6-8-18(9-7-17)27(29)30)32-12-16-13-33-21(24-16)14-4-3-5-15(23)10-14/h3-11,13H,2,12H2,1H3. The molecule has 168 valence electrons. The van der Waals surface area contributed by atoms with E-state index in [1.54, 1.807) is 19.1 Å². The number of aromatic nitrogens is 3. The lowest BCUT2D eigenvalue weighted by Gasteiger charge is -2.03. The first-order chi connectivity index (χ1) is 15.9. The lowest BCUT2D eigenvalue weighted by Crippen LogP contribution is -2.08. The molecule has 0 aliphatic rings. The zero-order valence-electron chi connectivity index (χ0n) is 17.3. The Hall–Kier alpha value is -4.54. The highest BCUT2D eigenvalue weighted by atomic mass is 19.1. The topological polar surface area (TPSA) is 123 Å². The van der Waals surface area contributed by atoms with Crippen LogP contribution >= 0.6 is 0 Å². The molecular weight excluding hydrogens is 435 g/mol. The lowest BCUT2D eigenvalue weighted by molar-refractivity contribution is -0.384. The van der Waals surface area contributed by atoms with E-state index in [0.717, 1.165) is 0 Å². The number of hydrogen-bond acceptors (Lipinski definition) is 8. The quantitative estimate of drug-likeness (QED) is 0.220. The third-order valence-corrected chi connectivity index (χ3v) is 4.47. The Bertz CT molecular complexity index is 1300. The number of carbonyl (C=O) groups excluding carboxylic acids is 1. The first kappa shape index (κ1) is 21.7. The summed E-state index contributed by atoms with van der Waals surface area (Å²) in [5.41, 5.74) is 1.22. The number of benzene rings is 2. The summed E-state index contributed by atoms with van der Waals surface area (Å²) in [4.78, 5) is 27.0. The Morgan fingerprint density at radius 2 is 2.03 bits per heavy atom. The third kappa shape index (κ3) is 4.87. The summed E-state index contributed by atoms with van der Waals surface area (Å²) in [6, 6.07) is 11.4. The van der Waals surface area contributed by atoms with Gasteiger partial charge in [0.15, 0.2) is 5.75 Å². The van der Waals surface area contributed by atoms with Crippen molar-refractivity contribution < 1.29 is 28.0 Å². The maximum Gasteiger partial charge on any atom is 0.362 e. The van der Waals surface area contributed by atoms with Crippen LogP contribution in [0.3, 0.4) is 0 Å². The van der Waals surface area contributed by atoms with Crippen molar-refractivity contribution in [1.82, 2.24) is 14.8 Å². The van der Waals surface area contributed by atoms with E-state index in [1.165, 1.54) is 53.5 Å². The average Bonchev–Trinajstić information content (AvgIpc) is 3.45. The zero-order valence-corrected chi connectivity index (χ0v) is 17.3. The molecule has 0 spiro atoms. The molecule has 0 bridgehead atoms. The molecule has 0 amide bonds. The van der Waals surface area contributed by atoms with E-state index >= 15 is 0 Å². The van der Waals surface area contributed by atoms with Crippen LogP contribution in [0.5, 0.6) is 5.75 Å². The summed E-state index contributed by atoms with van der Waals surface area (Å²) < 4.78 is 31.0.